The van der Waals surface area contributed by atoms with Crippen LogP contribution >= 0.6 is 0 Å². The van der Waals surface area contributed by atoms with Crippen LogP contribution in [0.25, 0.3) is 89.6 Å². The number of benzene rings is 12. The first-order valence-corrected chi connectivity index (χ1v) is 27.4. The highest BCUT2D eigenvalue weighted by Crippen LogP contribution is 2.64. The first-order valence-electron chi connectivity index (χ1n) is 27.4. The average molecular weight is 1040 g/mol. The molecule has 0 amide bonds. The molecular formula is C75H48N4O2. The Hall–Kier alpha value is -10.8. The normalized spacial score (nSPS) is 12.5. The molecule has 2 aromatic heterocycles. The van der Waals surface area contributed by atoms with Gasteiger partial charge in [-0.15, -0.1) is 0 Å². The van der Waals surface area contributed by atoms with E-state index in [0.29, 0.717) is 11.8 Å². The van der Waals surface area contributed by atoms with Gasteiger partial charge in [-0.2, -0.15) is 0 Å². The van der Waals surface area contributed by atoms with E-state index in [0.717, 1.165) is 89.7 Å². The minimum absolute atomic E-state index is 0.593. The number of para-hydroxylation sites is 4. The van der Waals surface area contributed by atoms with Crippen molar-refractivity contribution in [3.63, 3.8) is 0 Å². The van der Waals surface area contributed by atoms with Gasteiger partial charge in [0.1, 0.15) is 11.0 Å². The number of hydrogen-bond donors (Lipinski definition) is 0. The molecule has 0 saturated heterocycles. The highest BCUT2D eigenvalue weighted by atomic mass is 16.4. The summed E-state index contributed by atoms with van der Waals surface area (Å²) < 4.78 is 12.5. The standard InChI is InChI=1S/C75H48N4O2/c1-3-17-49(18-4-1)53-21-15-23-57(45-53)78(55-37-33-51(34-38-55)73-76-69-29-11-13-31-71(69)80-73)59-41-43-63-64-44-42-60(48-68(64)75(67(63)47-59)65-27-9-7-25-61(65)62-26-8-10-28-66(62)75)79(58-24-16-22-54(46-58)50-19-5-2-6-20-50)56-39-35-52(36-40-56)74-77-70-30-12-14-32-72(70)81-74/h1-48H. The summed E-state index contributed by atoms with van der Waals surface area (Å²) in [6.07, 6.45) is 0. The molecule has 81 heavy (non-hydrogen) atoms. The molecule has 0 atom stereocenters. The van der Waals surface area contributed by atoms with Crippen molar-refractivity contribution in [2.45, 2.75) is 5.41 Å². The van der Waals surface area contributed by atoms with Crippen LogP contribution in [0.4, 0.5) is 34.1 Å². The van der Waals surface area contributed by atoms with Crippen molar-refractivity contribution in [2.75, 3.05) is 9.80 Å². The average Bonchev–Trinajstić information content (AvgIpc) is 4.50. The Balaban J connectivity index is 0.887. The van der Waals surface area contributed by atoms with Crippen LogP contribution in [-0.4, -0.2) is 9.97 Å². The maximum atomic E-state index is 6.27. The number of rotatable bonds is 10. The lowest BCUT2D eigenvalue weighted by Gasteiger charge is -2.33. The Morgan fingerprint density at radius 2 is 0.605 bits per heavy atom. The maximum Gasteiger partial charge on any atom is 0.227 e. The maximum absolute atomic E-state index is 6.27. The number of fused-ring (bicyclic) bond motifs is 12. The van der Waals surface area contributed by atoms with E-state index in [4.69, 9.17) is 18.8 Å². The summed E-state index contributed by atoms with van der Waals surface area (Å²) in [5, 5.41) is 0. The number of aromatic nitrogens is 2. The van der Waals surface area contributed by atoms with Crippen molar-refractivity contribution in [3.8, 4) is 67.4 Å². The van der Waals surface area contributed by atoms with E-state index < -0.39 is 5.41 Å². The quantitative estimate of drug-likeness (QED) is 0.136. The van der Waals surface area contributed by atoms with Crippen molar-refractivity contribution < 1.29 is 8.83 Å². The molecule has 2 heterocycles. The second-order valence-electron chi connectivity index (χ2n) is 20.9. The minimum atomic E-state index is -0.674. The number of nitrogens with zero attached hydrogens (tertiary/aromatic N) is 4. The molecule has 0 radical (unpaired) electrons. The van der Waals surface area contributed by atoms with Crippen molar-refractivity contribution in [3.05, 3.63) is 313 Å². The summed E-state index contributed by atoms with van der Waals surface area (Å²) in [7, 11) is 0. The van der Waals surface area contributed by atoms with E-state index in [9.17, 15) is 0 Å². The molecule has 0 fully saturated rings. The van der Waals surface area contributed by atoms with Crippen LogP contribution in [0.1, 0.15) is 22.3 Å². The second kappa shape index (κ2) is 18.7. The summed E-state index contributed by atoms with van der Waals surface area (Å²) in [5.74, 6) is 1.19. The third-order valence-corrected chi connectivity index (χ3v) is 16.3. The zero-order valence-corrected chi connectivity index (χ0v) is 43.8. The van der Waals surface area contributed by atoms with Gasteiger partial charge < -0.3 is 18.6 Å². The third kappa shape index (κ3) is 7.56. The smallest absolute Gasteiger partial charge is 0.227 e. The van der Waals surface area contributed by atoms with E-state index in [2.05, 4.69) is 252 Å². The molecule has 1 spiro atoms. The monoisotopic (exact) mass is 1040 g/mol. The molecule has 0 aliphatic heterocycles. The second-order valence-corrected chi connectivity index (χ2v) is 20.9. The topological polar surface area (TPSA) is 58.5 Å². The van der Waals surface area contributed by atoms with Crippen LogP contribution < -0.4 is 9.80 Å². The fourth-order valence-corrected chi connectivity index (χ4v) is 12.7. The van der Waals surface area contributed by atoms with Gasteiger partial charge in [-0.1, -0.05) is 170 Å². The predicted octanol–water partition coefficient (Wildman–Crippen LogP) is 19.9. The van der Waals surface area contributed by atoms with Gasteiger partial charge in [-0.3, -0.25) is 0 Å². The molecule has 0 saturated carbocycles. The number of oxazole rings is 2. The summed E-state index contributed by atoms with van der Waals surface area (Å²) >= 11 is 0. The van der Waals surface area contributed by atoms with Crippen molar-refractivity contribution in [1.82, 2.24) is 9.97 Å². The van der Waals surface area contributed by atoms with Crippen molar-refractivity contribution in [1.29, 1.82) is 0 Å². The van der Waals surface area contributed by atoms with E-state index >= 15 is 0 Å². The zero-order valence-electron chi connectivity index (χ0n) is 43.8. The summed E-state index contributed by atoms with van der Waals surface area (Å²) in [4.78, 5) is 14.5. The highest BCUT2D eigenvalue weighted by molar-refractivity contribution is 5.98. The molecule has 2 aliphatic rings. The van der Waals surface area contributed by atoms with Crippen LogP contribution in [-0.2, 0) is 5.41 Å². The molecule has 0 bridgehead atoms. The molecule has 6 nitrogen and oxygen atoms in total. The Morgan fingerprint density at radius 1 is 0.247 bits per heavy atom. The van der Waals surface area contributed by atoms with Gasteiger partial charge in [0.05, 0.1) is 5.41 Å². The lowest BCUT2D eigenvalue weighted by molar-refractivity contribution is 0.619. The van der Waals surface area contributed by atoms with E-state index in [1.54, 1.807) is 0 Å². The van der Waals surface area contributed by atoms with Crippen LogP contribution in [0, 0.1) is 0 Å². The van der Waals surface area contributed by atoms with Gasteiger partial charge in [0.2, 0.25) is 11.8 Å². The fraction of sp³-hybridized carbons (Fsp3) is 0.0133. The van der Waals surface area contributed by atoms with Gasteiger partial charge in [0.15, 0.2) is 11.2 Å². The van der Waals surface area contributed by atoms with E-state index in [1.165, 1.54) is 44.5 Å². The molecule has 0 unspecified atom stereocenters. The minimum Gasteiger partial charge on any atom is -0.436 e. The first kappa shape index (κ1) is 46.3. The molecule has 0 N–H and O–H groups in total. The Bertz CT molecular complexity index is 4350. The van der Waals surface area contributed by atoms with Gasteiger partial charge in [-0.25, -0.2) is 9.97 Å². The summed E-state index contributed by atoms with van der Waals surface area (Å²) in [6, 6.07) is 104. The Kier molecular flexibility index (Phi) is 10.7. The van der Waals surface area contributed by atoms with Crippen LogP contribution in [0.3, 0.4) is 0 Å². The van der Waals surface area contributed by atoms with Crippen molar-refractivity contribution >= 4 is 56.3 Å². The SMILES string of the molecule is c1ccc(-c2cccc(N(c3ccc(-c4nc5ccccc5o4)cc3)c3ccc4c(c3)C3(c5ccccc5-c5ccccc53)c3cc(N(c5ccc(-c6nc7ccccc7o6)cc5)c5cccc(-c6ccccc6)c5)ccc3-4)c2)cc1. The molecule has 16 rings (SSSR count). The number of hydrogen-bond acceptors (Lipinski definition) is 6. The van der Waals surface area contributed by atoms with Gasteiger partial charge in [0.25, 0.3) is 0 Å². The number of anilines is 6. The molecular weight excluding hydrogens is 989 g/mol. The van der Waals surface area contributed by atoms with Gasteiger partial charge in [-0.05, 0) is 188 Å². The van der Waals surface area contributed by atoms with Crippen LogP contribution in [0.15, 0.2) is 300 Å². The molecule has 380 valence electrons. The van der Waals surface area contributed by atoms with Crippen molar-refractivity contribution in [2.24, 2.45) is 0 Å². The molecule has 2 aliphatic carbocycles. The molecule has 14 aromatic rings. The Morgan fingerprint density at radius 3 is 1.05 bits per heavy atom. The van der Waals surface area contributed by atoms with Gasteiger partial charge >= 0.3 is 0 Å². The lowest BCUT2D eigenvalue weighted by atomic mass is 9.70. The first-order chi connectivity index (χ1) is 40.1. The largest absolute Gasteiger partial charge is 0.436 e. The summed E-state index contributed by atoms with van der Waals surface area (Å²) in [5.41, 5.74) is 25.0. The zero-order chi connectivity index (χ0) is 53.4. The Labute approximate surface area is 468 Å². The summed E-state index contributed by atoms with van der Waals surface area (Å²) in [6.45, 7) is 0. The van der Waals surface area contributed by atoms with Gasteiger partial charge in [0, 0.05) is 45.3 Å². The van der Waals surface area contributed by atoms with Crippen LogP contribution in [0.5, 0.6) is 0 Å². The highest BCUT2D eigenvalue weighted by Gasteiger charge is 2.52. The van der Waals surface area contributed by atoms with Crippen LogP contribution in [0.2, 0.25) is 0 Å². The fourth-order valence-electron chi connectivity index (χ4n) is 12.7. The molecule has 12 aromatic carbocycles. The third-order valence-electron chi connectivity index (χ3n) is 16.3. The lowest BCUT2D eigenvalue weighted by Crippen LogP contribution is -2.26. The molecule has 6 heteroatoms. The predicted molar refractivity (Wildman–Crippen MR) is 329 cm³/mol. The van der Waals surface area contributed by atoms with E-state index in [-0.39, 0.29) is 0 Å². The van der Waals surface area contributed by atoms with E-state index in [1.807, 2.05) is 48.5 Å².